The molecule has 4 nitrogen and oxygen atoms in total. The van der Waals surface area contributed by atoms with Crippen LogP contribution in [0.1, 0.15) is 6.92 Å². The smallest absolute Gasteiger partial charge is 0.224 e. The molecule has 2 N–H and O–H groups in total. The van der Waals surface area contributed by atoms with E-state index < -0.39 is 0 Å². The van der Waals surface area contributed by atoms with E-state index in [1.54, 1.807) is 6.20 Å². The highest BCUT2D eigenvalue weighted by molar-refractivity contribution is 9.10. The summed E-state index contributed by atoms with van der Waals surface area (Å²) in [7, 11) is 0. The average molecular weight is 328 g/mol. The van der Waals surface area contributed by atoms with Crippen LogP contribution in [0.25, 0.3) is 0 Å². The summed E-state index contributed by atoms with van der Waals surface area (Å²) in [5.74, 6) is 1.29. The lowest BCUT2D eigenvalue weighted by Gasteiger charge is -2.09. The molecular weight excluding hydrogens is 316 g/mol. The number of nitrogens with one attached hydrogen (secondary N) is 2. The molecule has 0 unspecified atom stereocenters. The van der Waals surface area contributed by atoms with Crippen molar-refractivity contribution in [1.82, 2.24) is 9.97 Å². The minimum atomic E-state index is 0.588. The van der Waals surface area contributed by atoms with Gasteiger partial charge in [-0.2, -0.15) is 4.98 Å². The van der Waals surface area contributed by atoms with Crippen molar-refractivity contribution in [3.05, 3.63) is 40.0 Å². The van der Waals surface area contributed by atoms with Crippen LogP contribution in [0.15, 0.2) is 34.9 Å². The molecule has 0 fully saturated rings. The molecule has 0 spiro atoms. The van der Waals surface area contributed by atoms with Gasteiger partial charge in [0, 0.05) is 23.5 Å². The van der Waals surface area contributed by atoms with Crippen molar-refractivity contribution in [2.45, 2.75) is 6.92 Å². The first-order valence-corrected chi connectivity index (χ1v) is 6.65. The molecule has 0 saturated carbocycles. The van der Waals surface area contributed by atoms with Crippen molar-refractivity contribution < 1.29 is 0 Å². The van der Waals surface area contributed by atoms with Gasteiger partial charge in [0.05, 0.1) is 4.47 Å². The van der Waals surface area contributed by atoms with Gasteiger partial charge in [0.25, 0.3) is 0 Å². The van der Waals surface area contributed by atoms with Crippen LogP contribution in [0.4, 0.5) is 17.5 Å². The molecule has 0 aliphatic heterocycles. The number of benzene rings is 1. The third kappa shape index (κ3) is 3.34. The summed E-state index contributed by atoms with van der Waals surface area (Å²) in [5.41, 5.74) is 0.879. The standard InChI is InChI=1S/C12H12BrClN4/c1-2-15-12-16-7-10(13)11(18-12)17-9-5-3-4-8(14)6-9/h3-7H,2H2,1H3,(H2,15,16,17,18). The van der Waals surface area contributed by atoms with Gasteiger partial charge in [-0.1, -0.05) is 17.7 Å². The SMILES string of the molecule is CCNc1ncc(Br)c(Nc2cccc(Cl)c2)n1. The number of nitrogens with zero attached hydrogens (tertiary/aromatic N) is 2. The molecule has 0 saturated heterocycles. The molecule has 0 aliphatic carbocycles. The predicted molar refractivity (Wildman–Crippen MR) is 78.6 cm³/mol. The highest BCUT2D eigenvalue weighted by Gasteiger charge is 2.05. The second-order valence-electron chi connectivity index (χ2n) is 3.56. The molecule has 0 bridgehead atoms. The maximum Gasteiger partial charge on any atom is 0.224 e. The Morgan fingerprint density at radius 3 is 2.94 bits per heavy atom. The Labute approximate surface area is 119 Å². The van der Waals surface area contributed by atoms with E-state index in [4.69, 9.17) is 11.6 Å². The van der Waals surface area contributed by atoms with E-state index in [1.165, 1.54) is 0 Å². The van der Waals surface area contributed by atoms with Crippen LogP contribution in [0.3, 0.4) is 0 Å². The Kier molecular flexibility index (Phi) is 4.38. The Bertz CT molecular complexity index is 547. The molecule has 0 amide bonds. The van der Waals surface area contributed by atoms with Crippen LogP contribution in [-0.4, -0.2) is 16.5 Å². The molecule has 2 aromatic rings. The quantitative estimate of drug-likeness (QED) is 0.889. The van der Waals surface area contributed by atoms with Gasteiger partial charge in [-0.15, -0.1) is 0 Å². The van der Waals surface area contributed by atoms with Crippen LogP contribution in [0.2, 0.25) is 5.02 Å². The number of hydrogen-bond donors (Lipinski definition) is 2. The van der Waals surface area contributed by atoms with Gasteiger partial charge in [-0.3, -0.25) is 0 Å². The Morgan fingerprint density at radius 1 is 1.39 bits per heavy atom. The normalized spacial score (nSPS) is 10.2. The summed E-state index contributed by atoms with van der Waals surface area (Å²) in [6.45, 7) is 2.77. The lowest BCUT2D eigenvalue weighted by atomic mass is 10.3. The van der Waals surface area contributed by atoms with Crippen LogP contribution >= 0.6 is 27.5 Å². The molecule has 0 atom stereocenters. The minimum absolute atomic E-state index is 0.588. The maximum atomic E-state index is 5.94. The topological polar surface area (TPSA) is 49.8 Å². The number of anilines is 3. The fourth-order valence-corrected chi connectivity index (χ4v) is 1.88. The number of halogens is 2. The summed E-state index contributed by atoms with van der Waals surface area (Å²) in [6, 6.07) is 7.47. The lowest BCUT2D eigenvalue weighted by molar-refractivity contribution is 1.08. The monoisotopic (exact) mass is 326 g/mol. The summed E-state index contributed by atoms with van der Waals surface area (Å²) in [5, 5.41) is 6.93. The lowest BCUT2D eigenvalue weighted by Crippen LogP contribution is -2.04. The Hall–Kier alpha value is -1.33. The zero-order chi connectivity index (χ0) is 13.0. The average Bonchev–Trinajstić information content (AvgIpc) is 2.34. The highest BCUT2D eigenvalue weighted by Crippen LogP contribution is 2.25. The van der Waals surface area contributed by atoms with Crippen molar-refractivity contribution in [2.24, 2.45) is 0 Å². The summed E-state index contributed by atoms with van der Waals surface area (Å²) in [6.07, 6.45) is 1.71. The molecule has 0 radical (unpaired) electrons. The van der Waals surface area contributed by atoms with E-state index in [1.807, 2.05) is 31.2 Å². The second kappa shape index (κ2) is 6.02. The molecule has 94 valence electrons. The summed E-state index contributed by atoms with van der Waals surface area (Å²) in [4.78, 5) is 8.52. The van der Waals surface area contributed by atoms with E-state index in [0.717, 1.165) is 16.7 Å². The molecule has 6 heteroatoms. The zero-order valence-corrected chi connectivity index (χ0v) is 12.1. The van der Waals surface area contributed by atoms with Crippen LogP contribution in [-0.2, 0) is 0 Å². The fourth-order valence-electron chi connectivity index (χ4n) is 1.40. The molecular formula is C12H12BrClN4. The van der Waals surface area contributed by atoms with E-state index >= 15 is 0 Å². The Balaban J connectivity index is 2.25. The van der Waals surface area contributed by atoms with Gasteiger partial charge >= 0.3 is 0 Å². The van der Waals surface area contributed by atoms with E-state index in [0.29, 0.717) is 16.8 Å². The molecule has 0 aliphatic rings. The third-order valence-corrected chi connectivity index (χ3v) is 2.98. The first-order chi connectivity index (χ1) is 8.69. The minimum Gasteiger partial charge on any atom is -0.354 e. The molecule has 1 aromatic carbocycles. The van der Waals surface area contributed by atoms with Gasteiger partial charge in [-0.05, 0) is 41.1 Å². The van der Waals surface area contributed by atoms with Crippen LogP contribution < -0.4 is 10.6 Å². The van der Waals surface area contributed by atoms with Crippen molar-refractivity contribution in [1.29, 1.82) is 0 Å². The van der Waals surface area contributed by atoms with Crippen LogP contribution in [0, 0.1) is 0 Å². The van der Waals surface area contributed by atoms with Crippen molar-refractivity contribution in [2.75, 3.05) is 17.2 Å². The highest BCUT2D eigenvalue weighted by atomic mass is 79.9. The number of hydrogen-bond acceptors (Lipinski definition) is 4. The van der Waals surface area contributed by atoms with E-state index in [-0.39, 0.29) is 0 Å². The number of aromatic nitrogens is 2. The van der Waals surface area contributed by atoms with Crippen LogP contribution in [0.5, 0.6) is 0 Å². The Morgan fingerprint density at radius 2 is 2.22 bits per heavy atom. The molecule has 2 rings (SSSR count). The second-order valence-corrected chi connectivity index (χ2v) is 4.85. The van der Waals surface area contributed by atoms with Gasteiger partial charge in [-0.25, -0.2) is 4.98 Å². The maximum absolute atomic E-state index is 5.94. The third-order valence-electron chi connectivity index (χ3n) is 2.17. The molecule has 18 heavy (non-hydrogen) atoms. The summed E-state index contributed by atoms with van der Waals surface area (Å²) < 4.78 is 0.795. The first kappa shape index (κ1) is 13.1. The fraction of sp³-hybridized carbons (Fsp3) is 0.167. The largest absolute Gasteiger partial charge is 0.354 e. The van der Waals surface area contributed by atoms with Gasteiger partial charge in [0.15, 0.2) is 0 Å². The predicted octanol–water partition coefficient (Wildman–Crippen LogP) is 4.07. The first-order valence-electron chi connectivity index (χ1n) is 5.48. The van der Waals surface area contributed by atoms with Gasteiger partial charge in [0.2, 0.25) is 5.95 Å². The van der Waals surface area contributed by atoms with Crippen molar-refractivity contribution in [3.8, 4) is 0 Å². The van der Waals surface area contributed by atoms with Gasteiger partial charge < -0.3 is 10.6 Å². The van der Waals surface area contributed by atoms with E-state index in [2.05, 4.69) is 36.5 Å². The van der Waals surface area contributed by atoms with Crippen molar-refractivity contribution >= 4 is 45.0 Å². The zero-order valence-electron chi connectivity index (χ0n) is 9.74. The van der Waals surface area contributed by atoms with Gasteiger partial charge in [0.1, 0.15) is 5.82 Å². The molecule has 1 aromatic heterocycles. The van der Waals surface area contributed by atoms with Crippen molar-refractivity contribution in [3.63, 3.8) is 0 Å². The summed E-state index contributed by atoms with van der Waals surface area (Å²) >= 11 is 9.34. The molecule has 1 heterocycles. The number of rotatable bonds is 4. The van der Waals surface area contributed by atoms with E-state index in [9.17, 15) is 0 Å².